The van der Waals surface area contributed by atoms with E-state index in [0.29, 0.717) is 25.6 Å². The molecule has 12 heavy (non-hydrogen) atoms. The highest BCUT2D eigenvalue weighted by Crippen LogP contribution is 1.85. The van der Waals surface area contributed by atoms with Crippen molar-refractivity contribution in [2.24, 2.45) is 0 Å². The number of hydrogen-bond acceptors (Lipinski definition) is 3. The van der Waals surface area contributed by atoms with Gasteiger partial charge in [-0.3, -0.25) is 4.79 Å². The molecular formula is C8H18ClNO2. The zero-order valence-corrected chi connectivity index (χ0v) is 8.74. The fraction of sp³-hybridized carbons (Fsp3) is 0.875. The number of halogens is 1. The van der Waals surface area contributed by atoms with Crippen molar-refractivity contribution >= 4 is 18.4 Å². The molecule has 0 aromatic heterocycles. The van der Waals surface area contributed by atoms with E-state index in [-0.39, 0.29) is 18.4 Å². The average molecular weight is 196 g/mol. The molecule has 0 rings (SSSR count). The summed E-state index contributed by atoms with van der Waals surface area (Å²) in [6, 6.07) is 0.435. The second-order valence-corrected chi connectivity index (χ2v) is 2.66. The molecule has 0 aliphatic heterocycles. The normalized spacial score (nSPS) is 9.33. The highest BCUT2D eigenvalue weighted by atomic mass is 35.5. The molecule has 0 aliphatic carbocycles. The molecule has 0 spiro atoms. The third-order valence-electron chi connectivity index (χ3n) is 1.19. The van der Waals surface area contributed by atoms with Crippen LogP contribution in [0.25, 0.3) is 0 Å². The standard InChI is InChI=1S/C8H17NO2.ClH/c1-4-11-8(10)5-6-9-7(2)3;/h7,9H,4-6H2,1-3H3;1H. The van der Waals surface area contributed by atoms with Crippen LogP contribution < -0.4 is 5.32 Å². The number of nitrogens with one attached hydrogen (secondary N) is 1. The number of carbonyl (C=O) groups is 1. The largest absolute Gasteiger partial charge is 0.466 e. The Bertz CT molecular complexity index is 118. The second kappa shape index (κ2) is 8.81. The van der Waals surface area contributed by atoms with Gasteiger partial charge in [-0.05, 0) is 6.92 Å². The van der Waals surface area contributed by atoms with Gasteiger partial charge in [-0.25, -0.2) is 0 Å². The quantitative estimate of drug-likeness (QED) is 0.674. The van der Waals surface area contributed by atoms with Gasteiger partial charge in [0.2, 0.25) is 0 Å². The first kappa shape index (κ1) is 14.3. The maximum atomic E-state index is 10.8. The number of ether oxygens (including phenoxy) is 1. The topological polar surface area (TPSA) is 38.3 Å². The fourth-order valence-electron chi connectivity index (χ4n) is 0.696. The number of hydrogen-bond donors (Lipinski definition) is 1. The number of carbonyl (C=O) groups excluding carboxylic acids is 1. The molecule has 0 fully saturated rings. The first-order valence-electron chi connectivity index (χ1n) is 4.05. The van der Waals surface area contributed by atoms with Crippen LogP contribution >= 0.6 is 12.4 Å². The fourth-order valence-corrected chi connectivity index (χ4v) is 0.696. The third-order valence-corrected chi connectivity index (χ3v) is 1.19. The minimum absolute atomic E-state index is 0. The molecule has 1 N–H and O–H groups in total. The molecule has 0 atom stereocenters. The van der Waals surface area contributed by atoms with Crippen LogP contribution in [-0.2, 0) is 9.53 Å². The molecule has 0 amide bonds. The summed E-state index contributed by atoms with van der Waals surface area (Å²) >= 11 is 0. The van der Waals surface area contributed by atoms with Gasteiger partial charge in [-0.15, -0.1) is 12.4 Å². The Labute approximate surface area is 80.3 Å². The molecule has 0 unspecified atom stereocenters. The molecule has 0 heterocycles. The Morgan fingerprint density at radius 2 is 2.08 bits per heavy atom. The molecule has 3 nitrogen and oxygen atoms in total. The second-order valence-electron chi connectivity index (χ2n) is 2.66. The summed E-state index contributed by atoms with van der Waals surface area (Å²) in [5, 5.41) is 3.13. The van der Waals surface area contributed by atoms with Crippen LogP contribution in [0.5, 0.6) is 0 Å². The molecule has 74 valence electrons. The van der Waals surface area contributed by atoms with Gasteiger partial charge in [0.1, 0.15) is 0 Å². The van der Waals surface area contributed by atoms with Crippen molar-refractivity contribution in [2.75, 3.05) is 13.2 Å². The predicted molar refractivity (Wildman–Crippen MR) is 51.6 cm³/mol. The van der Waals surface area contributed by atoms with Crippen LogP contribution in [0.2, 0.25) is 0 Å². The SMILES string of the molecule is CCOC(=O)CCNC(C)C.Cl. The lowest BCUT2D eigenvalue weighted by Gasteiger charge is -2.06. The average Bonchev–Trinajstić information content (AvgIpc) is 1.87. The molecule has 0 saturated heterocycles. The van der Waals surface area contributed by atoms with Crippen LogP contribution in [0.4, 0.5) is 0 Å². The number of esters is 1. The van der Waals surface area contributed by atoms with E-state index in [0.717, 1.165) is 0 Å². The molecular weight excluding hydrogens is 178 g/mol. The lowest BCUT2D eigenvalue weighted by molar-refractivity contribution is -0.142. The summed E-state index contributed by atoms with van der Waals surface area (Å²) in [6.07, 6.45) is 0.464. The highest BCUT2D eigenvalue weighted by molar-refractivity contribution is 5.85. The van der Waals surface area contributed by atoms with E-state index in [1.807, 2.05) is 20.8 Å². The summed E-state index contributed by atoms with van der Waals surface area (Å²) < 4.78 is 4.74. The van der Waals surface area contributed by atoms with Gasteiger partial charge in [0, 0.05) is 12.6 Å². The minimum Gasteiger partial charge on any atom is -0.466 e. The van der Waals surface area contributed by atoms with E-state index in [2.05, 4.69) is 5.32 Å². The van der Waals surface area contributed by atoms with E-state index in [1.54, 1.807) is 0 Å². The Balaban J connectivity index is 0. The van der Waals surface area contributed by atoms with Crippen LogP contribution in [0, 0.1) is 0 Å². The summed E-state index contributed by atoms with van der Waals surface area (Å²) in [4.78, 5) is 10.8. The van der Waals surface area contributed by atoms with Gasteiger partial charge in [-0.2, -0.15) is 0 Å². The van der Waals surface area contributed by atoms with Crippen molar-refractivity contribution in [3.8, 4) is 0 Å². The van der Waals surface area contributed by atoms with E-state index in [1.165, 1.54) is 0 Å². The van der Waals surface area contributed by atoms with Gasteiger partial charge in [-0.1, -0.05) is 13.8 Å². The number of rotatable bonds is 5. The Hall–Kier alpha value is -0.280. The third kappa shape index (κ3) is 9.72. The zero-order chi connectivity index (χ0) is 8.69. The summed E-state index contributed by atoms with van der Waals surface area (Å²) in [5.74, 6) is -0.124. The predicted octanol–water partition coefficient (Wildman–Crippen LogP) is 1.36. The minimum atomic E-state index is -0.124. The first-order valence-corrected chi connectivity index (χ1v) is 4.05. The summed E-state index contributed by atoms with van der Waals surface area (Å²) in [5.41, 5.74) is 0. The smallest absolute Gasteiger partial charge is 0.307 e. The van der Waals surface area contributed by atoms with Crippen LogP contribution in [0.1, 0.15) is 27.2 Å². The van der Waals surface area contributed by atoms with Gasteiger partial charge < -0.3 is 10.1 Å². The van der Waals surface area contributed by atoms with E-state index < -0.39 is 0 Å². The van der Waals surface area contributed by atoms with Crippen molar-refractivity contribution in [3.63, 3.8) is 0 Å². The maximum absolute atomic E-state index is 10.8. The Kier molecular flexibility index (Phi) is 10.5. The van der Waals surface area contributed by atoms with E-state index in [4.69, 9.17) is 4.74 Å². The highest BCUT2D eigenvalue weighted by Gasteiger charge is 2.00. The van der Waals surface area contributed by atoms with Gasteiger partial charge in [0.15, 0.2) is 0 Å². The van der Waals surface area contributed by atoms with Crippen LogP contribution in [-0.4, -0.2) is 25.2 Å². The van der Waals surface area contributed by atoms with Crippen molar-refractivity contribution in [3.05, 3.63) is 0 Å². The van der Waals surface area contributed by atoms with Crippen LogP contribution in [0.15, 0.2) is 0 Å². The molecule has 0 aromatic rings. The summed E-state index contributed by atoms with van der Waals surface area (Å²) in [7, 11) is 0. The van der Waals surface area contributed by atoms with Gasteiger partial charge in [0.05, 0.1) is 13.0 Å². The summed E-state index contributed by atoms with van der Waals surface area (Å²) in [6.45, 7) is 7.08. The monoisotopic (exact) mass is 195 g/mol. The molecule has 0 aromatic carbocycles. The van der Waals surface area contributed by atoms with Crippen molar-refractivity contribution in [2.45, 2.75) is 33.2 Å². The van der Waals surface area contributed by atoms with Crippen molar-refractivity contribution in [1.82, 2.24) is 5.32 Å². The Morgan fingerprint density at radius 3 is 2.50 bits per heavy atom. The lowest BCUT2D eigenvalue weighted by atomic mass is 10.3. The van der Waals surface area contributed by atoms with Crippen LogP contribution in [0.3, 0.4) is 0 Å². The van der Waals surface area contributed by atoms with E-state index >= 15 is 0 Å². The van der Waals surface area contributed by atoms with Gasteiger partial charge >= 0.3 is 5.97 Å². The molecule has 0 aliphatic rings. The molecule has 0 radical (unpaired) electrons. The molecule has 0 saturated carbocycles. The zero-order valence-electron chi connectivity index (χ0n) is 7.92. The lowest BCUT2D eigenvalue weighted by Crippen LogP contribution is -2.25. The maximum Gasteiger partial charge on any atom is 0.307 e. The molecule has 4 heteroatoms. The van der Waals surface area contributed by atoms with Gasteiger partial charge in [0.25, 0.3) is 0 Å². The molecule has 0 bridgehead atoms. The van der Waals surface area contributed by atoms with Crippen molar-refractivity contribution in [1.29, 1.82) is 0 Å². The Morgan fingerprint density at radius 1 is 1.50 bits per heavy atom. The van der Waals surface area contributed by atoms with E-state index in [9.17, 15) is 4.79 Å². The first-order chi connectivity index (χ1) is 5.16. The van der Waals surface area contributed by atoms with Crippen molar-refractivity contribution < 1.29 is 9.53 Å².